The van der Waals surface area contributed by atoms with E-state index in [2.05, 4.69) is 10.3 Å². The molecule has 1 N–H and O–H groups in total. The summed E-state index contributed by atoms with van der Waals surface area (Å²) in [5.41, 5.74) is 3.25. The lowest BCUT2D eigenvalue weighted by atomic mass is 10.0. The molecule has 0 amide bonds. The van der Waals surface area contributed by atoms with Crippen LogP contribution in [0, 0.1) is 0 Å². The summed E-state index contributed by atoms with van der Waals surface area (Å²) >= 11 is 12.0. The number of ether oxygens (including phenoxy) is 3. The molecule has 0 spiro atoms. The third-order valence-corrected chi connectivity index (χ3v) is 5.97. The Kier molecular flexibility index (Phi) is 7.08. The van der Waals surface area contributed by atoms with Gasteiger partial charge in [0, 0.05) is 24.5 Å². The van der Waals surface area contributed by atoms with Gasteiger partial charge in [-0.15, -0.1) is 0 Å². The first-order valence-corrected chi connectivity index (χ1v) is 10.7. The number of nitrogens with one attached hydrogen (secondary N) is 1. The molecule has 1 aromatic heterocycles. The molecule has 1 aliphatic heterocycles. The zero-order valence-electron chi connectivity index (χ0n) is 16.7. The molecule has 4 rings (SSSR count). The Balaban J connectivity index is 1.27. The predicted octanol–water partition coefficient (Wildman–Crippen LogP) is 5.01. The number of methoxy groups -OCH3 is 1. The average Bonchev–Trinajstić information content (AvgIpc) is 2.78. The number of halogens is 2. The van der Waals surface area contributed by atoms with Crippen molar-refractivity contribution in [2.24, 2.45) is 0 Å². The summed E-state index contributed by atoms with van der Waals surface area (Å²) in [6.07, 6.45) is 3.27. The molecule has 0 atom stereocenters. The highest BCUT2D eigenvalue weighted by atomic mass is 35.5. The maximum atomic E-state index is 6.07. The molecular formula is C23H24Cl2N2O3. The van der Waals surface area contributed by atoms with Crippen molar-refractivity contribution in [3.8, 4) is 5.75 Å². The molecule has 158 valence electrons. The summed E-state index contributed by atoms with van der Waals surface area (Å²) < 4.78 is 17.2. The minimum atomic E-state index is -0.207. The molecular weight excluding hydrogens is 423 g/mol. The second-order valence-electron chi connectivity index (χ2n) is 7.31. The second-order valence-corrected chi connectivity index (χ2v) is 8.13. The Morgan fingerprint density at radius 3 is 2.67 bits per heavy atom. The summed E-state index contributed by atoms with van der Waals surface area (Å²) in [5.74, 6) is 0.831. The van der Waals surface area contributed by atoms with Crippen LogP contribution in [0.15, 0.2) is 48.7 Å². The van der Waals surface area contributed by atoms with E-state index >= 15 is 0 Å². The van der Waals surface area contributed by atoms with Crippen LogP contribution in [0.5, 0.6) is 5.75 Å². The van der Waals surface area contributed by atoms with Crippen molar-refractivity contribution in [2.45, 2.75) is 31.7 Å². The molecule has 1 aliphatic rings. The van der Waals surface area contributed by atoms with E-state index in [0.717, 1.165) is 35.1 Å². The van der Waals surface area contributed by atoms with Crippen LogP contribution in [-0.2, 0) is 22.4 Å². The largest absolute Gasteiger partial charge is 0.497 e. The lowest BCUT2D eigenvalue weighted by Gasteiger charge is -2.30. The molecule has 3 aromatic rings. The maximum absolute atomic E-state index is 6.07. The number of fused-ring (bicyclic) bond motifs is 1. The number of nitrogens with zero attached hydrogens (tertiary/aromatic N) is 1. The fourth-order valence-electron chi connectivity index (χ4n) is 3.54. The molecule has 0 aliphatic carbocycles. The Labute approximate surface area is 186 Å². The molecule has 0 bridgehead atoms. The van der Waals surface area contributed by atoms with Crippen molar-refractivity contribution >= 4 is 34.1 Å². The molecule has 1 fully saturated rings. The van der Waals surface area contributed by atoms with Crippen molar-refractivity contribution in [3.05, 3.63) is 69.8 Å². The van der Waals surface area contributed by atoms with Crippen LogP contribution in [0.4, 0.5) is 0 Å². The van der Waals surface area contributed by atoms with Gasteiger partial charge in [-0.2, -0.15) is 0 Å². The maximum Gasteiger partial charge on any atom is 0.158 e. The summed E-state index contributed by atoms with van der Waals surface area (Å²) in [6, 6.07) is 13.8. The van der Waals surface area contributed by atoms with Crippen molar-refractivity contribution in [2.75, 3.05) is 20.3 Å². The van der Waals surface area contributed by atoms with Gasteiger partial charge in [0.05, 0.1) is 41.9 Å². The van der Waals surface area contributed by atoms with Crippen LogP contribution in [0.1, 0.15) is 17.5 Å². The number of rotatable bonds is 7. The van der Waals surface area contributed by atoms with Gasteiger partial charge in [0.25, 0.3) is 0 Å². The highest BCUT2D eigenvalue weighted by Crippen LogP contribution is 2.25. The minimum Gasteiger partial charge on any atom is -0.497 e. The van der Waals surface area contributed by atoms with Gasteiger partial charge in [-0.05, 0) is 53.9 Å². The van der Waals surface area contributed by atoms with Gasteiger partial charge in [0.15, 0.2) is 6.29 Å². The van der Waals surface area contributed by atoms with Gasteiger partial charge in [-0.25, -0.2) is 0 Å². The van der Waals surface area contributed by atoms with E-state index in [4.69, 9.17) is 37.4 Å². The van der Waals surface area contributed by atoms with Gasteiger partial charge in [-0.1, -0.05) is 29.3 Å². The number of aryl methyl sites for hydroxylation is 1. The molecule has 0 saturated carbocycles. The fourth-order valence-corrected chi connectivity index (χ4v) is 3.86. The van der Waals surface area contributed by atoms with Crippen LogP contribution in [-0.4, -0.2) is 37.6 Å². The van der Waals surface area contributed by atoms with Crippen molar-refractivity contribution in [1.82, 2.24) is 10.3 Å². The first kappa shape index (κ1) is 21.3. The molecule has 0 radical (unpaired) electrons. The Bertz CT molecular complexity index is 1010. The van der Waals surface area contributed by atoms with E-state index in [1.807, 2.05) is 48.7 Å². The smallest absolute Gasteiger partial charge is 0.158 e. The van der Waals surface area contributed by atoms with Crippen LogP contribution in [0.25, 0.3) is 10.9 Å². The van der Waals surface area contributed by atoms with Crippen LogP contribution in [0.3, 0.4) is 0 Å². The number of benzene rings is 2. The van der Waals surface area contributed by atoms with Crippen molar-refractivity contribution < 1.29 is 14.2 Å². The zero-order valence-corrected chi connectivity index (χ0v) is 18.2. The van der Waals surface area contributed by atoms with Gasteiger partial charge >= 0.3 is 0 Å². The standard InChI is InChI=1S/C23H24Cl2N2O3/c1-28-18-4-6-22-19(11-18)16(8-9-26-22)3-7-23-29-13-17(14-30-23)27-12-15-2-5-20(24)21(25)10-15/h2,4-6,8-11,17,23,27H,3,7,12-14H2,1H3. The van der Waals surface area contributed by atoms with E-state index in [-0.39, 0.29) is 12.3 Å². The molecule has 2 aromatic carbocycles. The normalized spacial score (nSPS) is 19.2. The Hall–Kier alpha value is -1.89. The zero-order chi connectivity index (χ0) is 20.9. The molecule has 5 nitrogen and oxygen atoms in total. The first-order valence-electron chi connectivity index (χ1n) is 9.94. The molecule has 7 heteroatoms. The Morgan fingerprint density at radius 2 is 1.90 bits per heavy atom. The summed E-state index contributed by atoms with van der Waals surface area (Å²) in [4.78, 5) is 4.44. The van der Waals surface area contributed by atoms with Gasteiger partial charge in [-0.3, -0.25) is 4.98 Å². The van der Waals surface area contributed by atoms with Crippen molar-refractivity contribution in [3.63, 3.8) is 0 Å². The van der Waals surface area contributed by atoms with Crippen LogP contribution in [0.2, 0.25) is 10.0 Å². The van der Waals surface area contributed by atoms with Gasteiger partial charge in [0.1, 0.15) is 5.75 Å². The van der Waals surface area contributed by atoms with E-state index < -0.39 is 0 Å². The second kappa shape index (κ2) is 9.94. The quantitative estimate of drug-likeness (QED) is 0.552. The van der Waals surface area contributed by atoms with Crippen LogP contribution >= 0.6 is 23.2 Å². The molecule has 0 unspecified atom stereocenters. The lowest BCUT2D eigenvalue weighted by Crippen LogP contribution is -2.44. The summed E-state index contributed by atoms with van der Waals surface area (Å²) in [5, 5.41) is 5.67. The van der Waals surface area contributed by atoms with Crippen LogP contribution < -0.4 is 10.1 Å². The molecule has 1 saturated heterocycles. The topological polar surface area (TPSA) is 52.6 Å². The SMILES string of the molecule is COc1ccc2nccc(CCC3OCC(NCc4ccc(Cl)c(Cl)c4)CO3)c2c1. The third-order valence-electron chi connectivity index (χ3n) is 5.23. The van der Waals surface area contributed by atoms with E-state index in [0.29, 0.717) is 29.8 Å². The van der Waals surface area contributed by atoms with Gasteiger partial charge < -0.3 is 19.5 Å². The lowest BCUT2D eigenvalue weighted by molar-refractivity contribution is -0.192. The minimum absolute atomic E-state index is 0.140. The van der Waals surface area contributed by atoms with Crippen molar-refractivity contribution in [1.29, 1.82) is 0 Å². The summed E-state index contributed by atoms with van der Waals surface area (Å²) in [6.45, 7) is 1.90. The average molecular weight is 447 g/mol. The van der Waals surface area contributed by atoms with E-state index in [1.54, 1.807) is 7.11 Å². The number of hydrogen-bond acceptors (Lipinski definition) is 5. The number of aromatic nitrogens is 1. The third kappa shape index (κ3) is 5.23. The van der Waals surface area contributed by atoms with Gasteiger partial charge in [0.2, 0.25) is 0 Å². The molecule has 30 heavy (non-hydrogen) atoms. The monoisotopic (exact) mass is 446 g/mol. The number of pyridine rings is 1. The van der Waals surface area contributed by atoms with E-state index in [1.165, 1.54) is 5.56 Å². The highest BCUT2D eigenvalue weighted by Gasteiger charge is 2.22. The number of hydrogen-bond donors (Lipinski definition) is 1. The molecule has 2 heterocycles. The fraction of sp³-hybridized carbons (Fsp3) is 0.348. The predicted molar refractivity (Wildman–Crippen MR) is 119 cm³/mol. The highest BCUT2D eigenvalue weighted by molar-refractivity contribution is 6.42. The Morgan fingerprint density at radius 1 is 1.07 bits per heavy atom. The first-order chi connectivity index (χ1) is 14.6. The summed E-state index contributed by atoms with van der Waals surface area (Å²) in [7, 11) is 1.67. The van der Waals surface area contributed by atoms with E-state index in [9.17, 15) is 0 Å².